The lowest BCUT2D eigenvalue weighted by Gasteiger charge is -2.10. The van der Waals surface area contributed by atoms with Gasteiger partial charge in [-0.05, 0) is 13.0 Å². The van der Waals surface area contributed by atoms with E-state index in [0.29, 0.717) is 18.2 Å². The van der Waals surface area contributed by atoms with Crippen LogP contribution >= 0.6 is 11.6 Å². The highest BCUT2D eigenvalue weighted by Gasteiger charge is 2.12. The molecule has 1 aromatic heterocycles. The van der Waals surface area contributed by atoms with E-state index in [1.807, 2.05) is 38.2 Å². The monoisotopic (exact) mass is 265 g/mol. The van der Waals surface area contributed by atoms with Crippen molar-refractivity contribution >= 4 is 11.6 Å². The Hall–Kier alpha value is -1.52. The van der Waals surface area contributed by atoms with Crippen LogP contribution in [0.2, 0.25) is 5.02 Å². The molecule has 96 valence electrons. The van der Waals surface area contributed by atoms with Crippen molar-refractivity contribution in [2.45, 2.75) is 20.1 Å². The van der Waals surface area contributed by atoms with Crippen LogP contribution in [0.1, 0.15) is 17.0 Å². The third-order valence-electron chi connectivity index (χ3n) is 2.82. The van der Waals surface area contributed by atoms with Crippen LogP contribution in [0, 0.1) is 6.92 Å². The number of nitrogens with two attached hydrogens (primary N) is 1. The minimum atomic E-state index is 0.382. The summed E-state index contributed by atoms with van der Waals surface area (Å²) in [5.74, 6) is 0.787. The largest absolute Gasteiger partial charge is 0.487 e. The van der Waals surface area contributed by atoms with E-state index in [1.54, 1.807) is 4.68 Å². The second kappa shape index (κ2) is 5.42. The van der Waals surface area contributed by atoms with Crippen molar-refractivity contribution in [2.75, 3.05) is 0 Å². The first kappa shape index (κ1) is 12.9. The van der Waals surface area contributed by atoms with Crippen molar-refractivity contribution in [2.24, 2.45) is 12.8 Å². The maximum Gasteiger partial charge on any atom is 0.131 e. The van der Waals surface area contributed by atoms with Gasteiger partial charge in [0.05, 0.1) is 16.4 Å². The lowest BCUT2D eigenvalue weighted by molar-refractivity contribution is 0.292. The topological polar surface area (TPSA) is 53.1 Å². The molecule has 0 aliphatic rings. The third-order valence-corrected chi connectivity index (χ3v) is 3.31. The van der Waals surface area contributed by atoms with Crippen LogP contribution in [0.15, 0.2) is 24.3 Å². The van der Waals surface area contributed by atoms with Gasteiger partial charge in [-0.1, -0.05) is 29.8 Å². The summed E-state index contributed by atoms with van der Waals surface area (Å²) in [7, 11) is 1.85. The van der Waals surface area contributed by atoms with E-state index in [0.717, 1.165) is 22.7 Å². The lowest BCUT2D eigenvalue weighted by atomic mass is 10.2. The molecule has 0 fully saturated rings. The van der Waals surface area contributed by atoms with E-state index >= 15 is 0 Å². The molecule has 0 spiro atoms. The molecule has 2 N–H and O–H groups in total. The van der Waals surface area contributed by atoms with E-state index in [1.165, 1.54) is 0 Å². The van der Waals surface area contributed by atoms with Crippen LogP contribution in [0.4, 0.5) is 0 Å². The van der Waals surface area contributed by atoms with E-state index in [4.69, 9.17) is 22.1 Å². The fraction of sp³-hybridized carbons (Fsp3) is 0.308. The standard InChI is InChI=1S/C13H16ClN3O/c1-9-13(14)11(17(2)16-9)8-18-12-6-4-3-5-10(12)7-15/h3-6H,7-8,15H2,1-2H3. The smallest absolute Gasteiger partial charge is 0.131 e. The lowest BCUT2D eigenvalue weighted by Crippen LogP contribution is -2.06. The normalized spacial score (nSPS) is 10.7. The Balaban J connectivity index is 2.16. The number of aryl methyl sites for hydroxylation is 2. The molecule has 5 heteroatoms. The fourth-order valence-corrected chi connectivity index (χ4v) is 2.01. The van der Waals surface area contributed by atoms with Gasteiger partial charge in [0.25, 0.3) is 0 Å². The Bertz CT molecular complexity index is 551. The van der Waals surface area contributed by atoms with Gasteiger partial charge < -0.3 is 10.5 Å². The molecule has 0 aliphatic heterocycles. The van der Waals surface area contributed by atoms with Crippen LogP contribution in [0.5, 0.6) is 5.75 Å². The highest BCUT2D eigenvalue weighted by atomic mass is 35.5. The minimum absolute atomic E-state index is 0.382. The van der Waals surface area contributed by atoms with E-state index in [2.05, 4.69) is 5.10 Å². The maximum absolute atomic E-state index is 6.17. The molecule has 4 nitrogen and oxygen atoms in total. The predicted molar refractivity (Wildman–Crippen MR) is 71.6 cm³/mol. The van der Waals surface area contributed by atoms with E-state index in [9.17, 15) is 0 Å². The first-order chi connectivity index (χ1) is 8.63. The maximum atomic E-state index is 6.17. The van der Waals surface area contributed by atoms with Gasteiger partial charge in [-0.3, -0.25) is 4.68 Å². The Labute approximate surface area is 111 Å². The molecule has 0 amide bonds. The SMILES string of the molecule is Cc1nn(C)c(COc2ccccc2CN)c1Cl. The quantitative estimate of drug-likeness (QED) is 0.924. The molecule has 0 saturated carbocycles. The van der Waals surface area contributed by atoms with Crippen molar-refractivity contribution in [1.82, 2.24) is 9.78 Å². The Morgan fingerprint density at radius 1 is 1.39 bits per heavy atom. The van der Waals surface area contributed by atoms with Crippen molar-refractivity contribution in [1.29, 1.82) is 0 Å². The van der Waals surface area contributed by atoms with E-state index < -0.39 is 0 Å². The first-order valence-electron chi connectivity index (χ1n) is 5.72. The van der Waals surface area contributed by atoms with Gasteiger partial charge in [-0.2, -0.15) is 5.10 Å². The Kier molecular flexibility index (Phi) is 3.89. The van der Waals surface area contributed by atoms with Crippen LogP contribution in [0.25, 0.3) is 0 Å². The first-order valence-corrected chi connectivity index (χ1v) is 6.10. The molecule has 0 atom stereocenters. The number of hydrogen-bond donors (Lipinski definition) is 1. The van der Waals surface area contributed by atoms with Crippen molar-refractivity contribution in [3.8, 4) is 5.75 Å². The molecule has 18 heavy (non-hydrogen) atoms. The van der Waals surface area contributed by atoms with Crippen LogP contribution in [-0.4, -0.2) is 9.78 Å². The highest BCUT2D eigenvalue weighted by Crippen LogP contribution is 2.23. The van der Waals surface area contributed by atoms with Crippen LogP contribution in [-0.2, 0) is 20.2 Å². The zero-order valence-corrected chi connectivity index (χ0v) is 11.2. The summed E-state index contributed by atoms with van der Waals surface area (Å²) in [6.07, 6.45) is 0. The molecule has 1 aromatic carbocycles. The predicted octanol–water partition coefficient (Wildman–Crippen LogP) is 2.42. The van der Waals surface area contributed by atoms with Crippen molar-refractivity contribution < 1.29 is 4.74 Å². The third kappa shape index (κ3) is 2.49. The molecule has 0 saturated heterocycles. The van der Waals surface area contributed by atoms with Gasteiger partial charge in [0, 0.05) is 19.2 Å². The zero-order valence-electron chi connectivity index (χ0n) is 10.5. The summed E-state index contributed by atoms with van der Waals surface area (Å²) in [5, 5.41) is 4.90. The number of rotatable bonds is 4. The number of benzene rings is 1. The zero-order chi connectivity index (χ0) is 13.1. The Morgan fingerprint density at radius 2 is 2.11 bits per heavy atom. The average molecular weight is 266 g/mol. The molecular weight excluding hydrogens is 250 g/mol. The fourth-order valence-electron chi connectivity index (χ4n) is 1.80. The van der Waals surface area contributed by atoms with Gasteiger partial charge in [0.1, 0.15) is 12.4 Å². The van der Waals surface area contributed by atoms with Crippen molar-refractivity contribution in [3.63, 3.8) is 0 Å². The number of nitrogens with zero attached hydrogens (tertiary/aromatic N) is 2. The molecule has 0 aliphatic carbocycles. The summed E-state index contributed by atoms with van der Waals surface area (Å²) in [6.45, 7) is 2.71. The van der Waals surface area contributed by atoms with Crippen LogP contribution < -0.4 is 10.5 Å². The second-order valence-corrected chi connectivity index (χ2v) is 4.45. The van der Waals surface area contributed by atoms with Gasteiger partial charge in [-0.25, -0.2) is 0 Å². The van der Waals surface area contributed by atoms with E-state index in [-0.39, 0.29) is 0 Å². The van der Waals surface area contributed by atoms with Gasteiger partial charge in [0.2, 0.25) is 0 Å². The summed E-state index contributed by atoms with van der Waals surface area (Å²) in [4.78, 5) is 0. The van der Waals surface area contributed by atoms with Gasteiger partial charge in [-0.15, -0.1) is 0 Å². The Morgan fingerprint density at radius 3 is 2.72 bits per heavy atom. The molecule has 0 unspecified atom stereocenters. The minimum Gasteiger partial charge on any atom is -0.487 e. The molecule has 1 heterocycles. The molecule has 0 bridgehead atoms. The second-order valence-electron chi connectivity index (χ2n) is 4.07. The molecule has 2 rings (SSSR count). The number of para-hydroxylation sites is 1. The van der Waals surface area contributed by atoms with Gasteiger partial charge in [0.15, 0.2) is 0 Å². The number of halogens is 1. The number of aromatic nitrogens is 2. The van der Waals surface area contributed by atoms with Crippen LogP contribution in [0.3, 0.4) is 0 Å². The van der Waals surface area contributed by atoms with Crippen molar-refractivity contribution in [3.05, 3.63) is 46.2 Å². The average Bonchev–Trinajstić information content (AvgIpc) is 2.62. The molecule has 2 aromatic rings. The molecular formula is C13H16ClN3O. The molecule has 0 radical (unpaired) electrons. The summed E-state index contributed by atoms with van der Waals surface area (Å²) >= 11 is 6.17. The number of hydrogen-bond acceptors (Lipinski definition) is 3. The summed E-state index contributed by atoms with van der Waals surface area (Å²) in [6, 6.07) is 7.71. The van der Waals surface area contributed by atoms with Gasteiger partial charge >= 0.3 is 0 Å². The number of ether oxygens (including phenoxy) is 1. The summed E-state index contributed by atoms with van der Waals surface area (Å²) < 4.78 is 7.50. The highest BCUT2D eigenvalue weighted by molar-refractivity contribution is 6.31. The summed E-state index contributed by atoms with van der Waals surface area (Å²) in [5.41, 5.74) is 8.31.